The number of anilines is 1. The van der Waals surface area contributed by atoms with E-state index in [2.05, 4.69) is 41.5 Å². The standard InChI is InChI=1S/C17H17Br2FN2O2S/c18-14-9-13(20)10-15(19)17(14)25(23,24)21-11-12-5-1-2-6-16(12)22-7-3-4-8-22/h1-2,5-6,9-10,21H,3-4,7-8,11H2. The van der Waals surface area contributed by atoms with Crippen molar-refractivity contribution in [1.29, 1.82) is 0 Å². The molecule has 2 aromatic carbocycles. The van der Waals surface area contributed by atoms with Crippen LogP contribution in [0.1, 0.15) is 18.4 Å². The van der Waals surface area contributed by atoms with E-state index in [0.29, 0.717) is 0 Å². The molecule has 2 aromatic rings. The molecule has 1 N–H and O–H groups in total. The fourth-order valence-electron chi connectivity index (χ4n) is 2.96. The zero-order chi connectivity index (χ0) is 18.0. The number of halogens is 3. The van der Waals surface area contributed by atoms with Crippen molar-refractivity contribution >= 4 is 47.6 Å². The smallest absolute Gasteiger partial charge is 0.243 e. The van der Waals surface area contributed by atoms with Gasteiger partial charge in [0.15, 0.2) is 0 Å². The molecule has 3 rings (SSSR count). The van der Waals surface area contributed by atoms with E-state index >= 15 is 0 Å². The Labute approximate surface area is 163 Å². The van der Waals surface area contributed by atoms with E-state index in [-0.39, 0.29) is 20.4 Å². The van der Waals surface area contributed by atoms with E-state index in [4.69, 9.17) is 0 Å². The topological polar surface area (TPSA) is 49.4 Å². The number of rotatable bonds is 5. The lowest BCUT2D eigenvalue weighted by molar-refractivity contribution is 0.579. The molecule has 1 fully saturated rings. The minimum absolute atomic E-state index is 0.00689. The highest BCUT2D eigenvalue weighted by Crippen LogP contribution is 2.31. The van der Waals surface area contributed by atoms with Gasteiger partial charge in [0.2, 0.25) is 10.0 Å². The molecule has 0 spiro atoms. The van der Waals surface area contributed by atoms with E-state index in [1.54, 1.807) is 0 Å². The van der Waals surface area contributed by atoms with Crippen molar-refractivity contribution in [1.82, 2.24) is 4.72 Å². The van der Waals surface area contributed by atoms with E-state index in [0.717, 1.165) is 49.3 Å². The van der Waals surface area contributed by atoms with Crippen molar-refractivity contribution < 1.29 is 12.8 Å². The van der Waals surface area contributed by atoms with Crippen molar-refractivity contribution in [2.45, 2.75) is 24.3 Å². The molecule has 0 radical (unpaired) electrons. The summed E-state index contributed by atoms with van der Waals surface area (Å²) >= 11 is 6.26. The molecular weight excluding hydrogens is 475 g/mol. The minimum Gasteiger partial charge on any atom is -0.371 e. The third kappa shape index (κ3) is 4.24. The molecule has 0 aromatic heterocycles. The van der Waals surface area contributed by atoms with E-state index in [1.807, 2.05) is 24.3 Å². The third-order valence-electron chi connectivity index (χ3n) is 4.12. The quantitative estimate of drug-likeness (QED) is 0.673. The molecule has 4 nitrogen and oxygen atoms in total. The van der Waals surface area contributed by atoms with Gasteiger partial charge in [0.25, 0.3) is 0 Å². The fourth-order valence-corrected chi connectivity index (χ4v) is 6.49. The van der Waals surface area contributed by atoms with Gasteiger partial charge in [-0.3, -0.25) is 0 Å². The number of benzene rings is 2. The van der Waals surface area contributed by atoms with Gasteiger partial charge < -0.3 is 4.90 Å². The zero-order valence-corrected chi connectivity index (χ0v) is 17.3. The van der Waals surface area contributed by atoms with Gasteiger partial charge in [0.1, 0.15) is 10.7 Å². The summed E-state index contributed by atoms with van der Waals surface area (Å²) in [6.07, 6.45) is 2.30. The Morgan fingerprint density at radius 1 is 1.08 bits per heavy atom. The number of para-hydroxylation sites is 1. The number of nitrogens with one attached hydrogen (secondary N) is 1. The van der Waals surface area contributed by atoms with Crippen LogP contribution in [0, 0.1) is 5.82 Å². The first-order valence-corrected chi connectivity index (χ1v) is 10.9. The predicted octanol–water partition coefficient (Wildman–Crippen LogP) is 4.43. The largest absolute Gasteiger partial charge is 0.371 e. The van der Waals surface area contributed by atoms with Crippen molar-refractivity contribution in [3.05, 3.63) is 56.7 Å². The van der Waals surface area contributed by atoms with Crippen LogP contribution >= 0.6 is 31.9 Å². The summed E-state index contributed by atoms with van der Waals surface area (Å²) in [4.78, 5) is 2.26. The Bertz CT molecular complexity index is 861. The van der Waals surface area contributed by atoms with Gasteiger partial charge in [0.05, 0.1) is 0 Å². The Balaban J connectivity index is 1.84. The second-order valence-corrected chi connectivity index (χ2v) is 9.26. The molecule has 25 heavy (non-hydrogen) atoms. The summed E-state index contributed by atoms with van der Waals surface area (Å²) in [5.74, 6) is -0.517. The van der Waals surface area contributed by atoms with Gasteiger partial charge >= 0.3 is 0 Å². The number of hydrogen-bond donors (Lipinski definition) is 1. The second kappa shape index (κ2) is 7.73. The molecule has 0 unspecified atom stereocenters. The fraction of sp³-hybridized carbons (Fsp3) is 0.294. The highest BCUT2D eigenvalue weighted by molar-refractivity contribution is 9.11. The number of hydrogen-bond acceptors (Lipinski definition) is 3. The lowest BCUT2D eigenvalue weighted by atomic mass is 10.1. The summed E-state index contributed by atoms with van der Waals surface area (Å²) in [5, 5.41) is 0. The highest BCUT2D eigenvalue weighted by atomic mass is 79.9. The predicted molar refractivity (Wildman–Crippen MR) is 104 cm³/mol. The molecule has 0 aliphatic carbocycles. The highest BCUT2D eigenvalue weighted by Gasteiger charge is 2.23. The van der Waals surface area contributed by atoms with E-state index in [9.17, 15) is 12.8 Å². The molecule has 1 saturated heterocycles. The van der Waals surface area contributed by atoms with Crippen LogP contribution in [0.2, 0.25) is 0 Å². The van der Waals surface area contributed by atoms with Gasteiger partial charge in [-0.05, 0) is 68.5 Å². The van der Waals surface area contributed by atoms with Crippen LogP contribution in [0.4, 0.5) is 10.1 Å². The second-order valence-electron chi connectivity index (χ2n) is 5.85. The van der Waals surface area contributed by atoms with Crippen LogP contribution in [0.5, 0.6) is 0 Å². The average molecular weight is 492 g/mol. The lowest BCUT2D eigenvalue weighted by Gasteiger charge is -2.21. The SMILES string of the molecule is O=S(=O)(NCc1ccccc1N1CCCC1)c1c(Br)cc(F)cc1Br. The molecular formula is C17H17Br2FN2O2S. The van der Waals surface area contributed by atoms with Crippen molar-refractivity contribution in [3.8, 4) is 0 Å². The van der Waals surface area contributed by atoms with Gasteiger partial charge in [0, 0.05) is 34.3 Å². The first-order chi connectivity index (χ1) is 11.9. The lowest BCUT2D eigenvalue weighted by Crippen LogP contribution is -2.26. The molecule has 0 saturated carbocycles. The number of nitrogens with zero attached hydrogens (tertiary/aromatic N) is 1. The van der Waals surface area contributed by atoms with Gasteiger partial charge in [-0.15, -0.1) is 0 Å². The third-order valence-corrected chi connectivity index (χ3v) is 7.40. The molecule has 0 amide bonds. The summed E-state index contributed by atoms with van der Waals surface area (Å²) < 4.78 is 41.7. The first-order valence-electron chi connectivity index (χ1n) is 7.85. The Kier molecular flexibility index (Phi) is 5.82. The Morgan fingerprint density at radius 2 is 1.68 bits per heavy atom. The molecule has 0 atom stereocenters. The van der Waals surface area contributed by atoms with Crippen molar-refractivity contribution in [3.63, 3.8) is 0 Å². The maximum Gasteiger partial charge on any atom is 0.243 e. The summed E-state index contributed by atoms with van der Waals surface area (Å²) in [6, 6.07) is 10.1. The maximum atomic E-state index is 13.4. The molecule has 134 valence electrons. The normalized spacial score (nSPS) is 14.9. The Morgan fingerprint density at radius 3 is 2.32 bits per heavy atom. The number of sulfonamides is 1. The monoisotopic (exact) mass is 490 g/mol. The summed E-state index contributed by atoms with van der Waals surface area (Å²) in [7, 11) is -3.81. The van der Waals surface area contributed by atoms with Crippen LogP contribution in [-0.2, 0) is 16.6 Å². The Hall–Kier alpha value is -0.960. The van der Waals surface area contributed by atoms with Crippen molar-refractivity contribution in [2.24, 2.45) is 0 Å². The van der Waals surface area contributed by atoms with E-state index < -0.39 is 15.8 Å². The first kappa shape index (κ1) is 18.8. The zero-order valence-electron chi connectivity index (χ0n) is 13.3. The summed E-state index contributed by atoms with van der Waals surface area (Å²) in [6.45, 7) is 2.14. The van der Waals surface area contributed by atoms with Crippen LogP contribution in [-0.4, -0.2) is 21.5 Å². The maximum absolute atomic E-state index is 13.4. The van der Waals surface area contributed by atoms with Crippen LogP contribution in [0.15, 0.2) is 50.2 Å². The molecule has 1 aliphatic rings. The van der Waals surface area contributed by atoms with Crippen LogP contribution in [0.25, 0.3) is 0 Å². The molecule has 1 heterocycles. The molecule has 8 heteroatoms. The van der Waals surface area contributed by atoms with Gasteiger partial charge in [-0.25, -0.2) is 17.5 Å². The average Bonchev–Trinajstić information content (AvgIpc) is 3.06. The van der Waals surface area contributed by atoms with Crippen LogP contribution < -0.4 is 9.62 Å². The van der Waals surface area contributed by atoms with Crippen LogP contribution in [0.3, 0.4) is 0 Å². The van der Waals surface area contributed by atoms with E-state index in [1.165, 1.54) is 0 Å². The van der Waals surface area contributed by atoms with Gasteiger partial charge in [-0.1, -0.05) is 18.2 Å². The van der Waals surface area contributed by atoms with Gasteiger partial charge in [-0.2, -0.15) is 0 Å². The minimum atomic E-state index is -3.81. The molecule has 0 bridgehead atoms. The molecule has 1 aliphatic heterocycles. The van der Waals surface area contributed by atoms with Crippen molar-refractivity contribution in [2.75, 3.05) is 18.0 Å². The summed E-state index contributed by atoms with van der Waals surface area (Å²) in [5.41, 5.74) is 1.97.